The van der Waals surface area contributed by atoms with Crippen LogP contribution in [0.3, 0.4) is 0 Å². The van der Waals surface area contributed by atoms with Crippen molar-refractivity contribution in [1.29, 1.82) is 0 Å². The van der Waals surface area contributed by atoms with Gasteiger partial charge in [0.1, 0.15) is 4.90 Å². The van der Waals surface area contributed by atoms with Crippen molar-refractivity contribution in [3.8, 4) is 5.75 Å². The lowest BCUT2D eigenvalue weighted by molar-refractivity contribution is -0.114. The number of nitrogens with one attached hydrogen (secondary N) is 1. The van der Waals surface area contributed by atoms with Crippen molar-refractivity contribution < 1.29 is 27.3 Å². The molecule has 0 saturated carbocycles. The third-order valence-corrected chi connectivity index (χ3v) is 5.35. The molecule has 7 nitrogen and oxygen atoms in total. The Bertz CT molecular complexity index is 1200. The maximum atomic E-state index is 12.7. The van der Waals surface area contributed by atoms with Crippen LogP contribution in [0.15, 0.2) is 59.5 Å². The highest BCUT2D eigenvalue weighted by Gasteiger charge is 2.21. The van der Waals surface area contributed by atoms with E-state index in [0.717, 1.165) is 6.07 Å². The molecule has 0 spiro atoms. The Kier molecular flexibility index (Phi) is 5.06. The summed E-state index contributed by atoms with van der Waals surface area (Å²) in [6.07, 6.45) is 0. The first kappa shape index (κ1) is 19.4. The van der Waals surface area contributed by atoms with Crippen molar-refractivity contribution >= 4 is 38.5 Å². The van der Waals surface area contributed by atoms with E-state index >= 15 is 0 Å². The zero-order chi connectivity index (χ0) is 20.5. The third kappa shape index (κ3) is 3.81. The summed E-state index contributed by atoms with van der Waals surface area (Å²) in [4.78, 5) is 22.4. The van der Waals surface area contributed by atoms with E-state index < -0.39 is 16.1 Å². The number of amides is 1. The van der Waals surface area contributed by atoms with E-state index in [-0.39, 0.29) is 22.1 Å². The molecule has 0 radical (unpaired) electrons. The van der Waals surface area contributed by atoms with Crippen LogP contribution in [0.1, 0.15) is 22.8 Å². The predicted octanol–water partition coefficient (Wildman–Crippen LogP) is 3.57. The Morgan fingerprint density at radius 1 is 1.00 bits per heavy atom. The molecule has 0 aliphatic carbocycles. The topological polar surface area (TPSA) is 110 Å². The molecular formula is C20H17NO6S. The van der Waals surface area contributed by atoms with Gasteiger partial charge in [-0.25, -0.2) is 4.79 Å². The first-order chi connectivity index (χ1) is 13.2. The Morgan fingerprint density at radius 2 is 1.68 bits per heavy atom. The molecule has 0 fully saturated rings. The van der Waals surface area contributed by atoms with Gasteiger partial charge in [0.25, 0.3) is 0 Å². The lowest BCUT2D eigenvalue weighted by Gasteiger charge is -2.13. The van der Waals surface area contributed by atoms with Crippen molar-refractivity contribution in [2.75, 3.05) is 5.32 Å². The summed E-state index contributed by atoms with van der Waals surface area (Å²) in [6.45, 7) is 2.95. The van der Waals surface area contributed by atoms with Crippen LogP contribution in [0, 0.1) is 6.92 Å². The normalized spacial score (nSPS) is 11.2. The molecule has 3 aromatic rings. The van der Waals surface area contributed by atoms with Crippen LogP contribution in [0.5, 0.6) is 5.75 Å². The first-order valence-electron chi connectivity index (χ1n) is 8.27. The van der Waals surface area contributed by atoms with Crippen LogP contribution in [-0.2, 0) is 14.9 Å². The Morgan fingerprint density at radius 3 is 2.32 bits per heavy atom. The van der Waals surface area contributed by atoms with E-state index in [4.69, 9.17) is 4.18 Å². The minimum absolute atomic E-state index is 0.0714. The number of anilines is 1. The number of carbonyl (C=O) groups is 2. The Balaban J connectivity index is 2.06. The van der Waals surface area contributed by atoms with E-state index in [1.807, 2.05) is 0 Å². The number of fused-ring (bicyclic) bond motifs is 1. The Hall–Kier alpha value is -3.39. The van der Waals surface area contributed by atoms with Gasteiger partial charge in [0.05, 0.1) is 5.56 Å². The summed E-state index contributed by atoms with van der Waals surface area (Å²) in [5, 5.41) is 13.0. The highest BCUT2D eigenvalue weighted by molar-refractivity contribution is 7.87. The molecule has 0 aliphatic rings. The molecule has 0 atom stereocenters. The lowest BCUT2D eigenvalue weighted by Crippen LogP contribution is -2.12. The van der Waals surface area contributed by atoms with Gasteiger partial charge in [-0.05, 0) is 36.8 Å². The molecule has 144 valence electrons. The quantitative estimate of drug-likeness (QED) is 0.635. The smallest absolute Gasteiger partial charge is 0.339 e. The summed E-state index contributed by atoms with van der Waals surface area (Å²) in [7, 11) is -4.26. The SMILES string of the molecule is CC(=O)Nc1ccc(OS(=O)(=O)c2ccc(C)c(C(=O)O)c2)c2ccccc12. The summed E-state index contributed by atoms with van der Waals surface area (Å²) >= 11 is 0. The minimum Gasteiger partial charge on any atom is -0.478 e. The number of carboxylic acids is 1. The van der Waals surface area contributed by atoms with Crippen LogP contribution < -0.4 is 9.50 Å². The number of rotatable bonds is 5. The molecule has 0 unspecified atom stereocenters. The maximum absolute atomic E-state index is 12.7. The fraction of sp³-hybridized carbons (Fsp3) is 0.100. The second-order valence-corrected chi connectivity index (χ2v) is 7.70. The summed E-state index contributed by atoms with van der Waals surface area (Å²) in [5.74, 6) is -1.41. The van der Waals surface area contributed by atoms with Crippen molar-refractivity contribution in [2.45, 2.75) is 18.7 Å². The molecule has 3 rings (SSSR count). The molecule has 3 aromatic carbocycles. The fourth-order valence-corrected chi connectivity index (χ4v) is 3.77. The molecule has 2 N–H and O–H groups in total. The van der Waals surface area contributed by atoms with Gasteiger partial charge in [-0.1, -0.05) is 30.3 Å². The van der Waals surface area contributed by atoms with Crippen molar-refractivity contribution in [3.63, 3.8) is 0 Å². The Labute approximate surface area is 161 Å². The average Bonchev–Trinajstić information content (AvgIpc) is 2.63. The van der Waals surface area contributed by atoms with Gasteiger partial charge in [0.15, 0.2) is 5.75 Å². The van der Waals surface area contributed by atoms with Crippen LogP contribution in [0.4, 0.5) is 5.69 Å². The van der Waals surface area contributed by atoms with E-state index in [9.17, 15) is 23.1 Å². The number of aryl methyl sites for hydroxylation is 1. The number of hydrogen-bond donors (Lipinski definition) is 2. The van der Waals surface area contributed by atoms with Crippen LogP contribution >= 0.6 is 0 Å². The highest BCUT2D eigenvalue weighted by Crippen LogP contribution is 2.33. The lowest BCUT2D eigenvalue weighted by atomic mass is 10.1. The van der Waals surface area contributed by atoms with E-state index in [2.05, 4.69) is 5.32 Å². The van der Waals surface area contributed by atoms with Crippen molar-refractivity contribution in [3.05, 3.63) is 65.7 Å². The van der Waals surface area contributed by atoms with Gasteiger partial charge in [-0.15, -0.1) is 0 Å². The summed E-state index contributed by atoms with van der Waals surface area (Å²) < 4.78 is 30.7. The fourth-order valence-electron chi connectivity index (χ4n) is 2.80. The molecule has 0 saturated heterocycles. The first-order valence-corrected chi connectivity index (χ1v) is 9.67. The predicted molar refractivity (Wildman–Crippen MR) is 104 cm³/mol. The van der Waals surface area contributed by atoms with Crippen molar-refractivity contribution in [1.82, 2.24) is 0 Å². The second kappa shape index (κ2) is 7.32. The summed E-state index contributed by atoms with van der Waals surface area (Å²) in [6, 6.07) is 13.6. The molecule has 8 heteroatoms. The molecule has 0 heterocycles. The zero-order valence-corrected chi connectivity index (χ0v) is 15.9. The van der Waals surface area contributed by atoms with Crippen LogP contribution in [-0.4, -0.2) is 25.4 Å². The largest absolute Gasteiger partial charge is 0.478 e. The molecule has 0 bridgehead atoms. The van der Waals surface area contributed by atoms with Crippen LogP contribution in [0.2, 0.25) is 0 Å². The van der Waals surface area contributed by atoms with Gasteiger partial charge in [-0.2, -0.15) is 8.42 Å². The average molecular weight is 399 g/mol. The molecule has 0 aliphatic heterocycles. The standard InChI is InChI=1S/C20H17NO6S/c1-12-7-8-14(11-17(12)20(23)24)28(25,26)27-19-10-9-18(21-13(2)22)15-5-3-4-6-16(15)19/h3-11H,1-2H3,(H,21,22)(H,23,24). The number of benzene rings is 3. The minimum atomic E-state index is -4.26. The van der Waals surface area contributed by atoms with E-state index in [0.29, 0.717) is 22.0 Å². The van der Waals surface area contributed by atoms with E-state index in [1.165, 1.54) is 25.1 Å². The number of hydrogen-bond acceptors (Lipinski definition) is 5. The van der Waals surface area contributed by atoms with E-state index in [1.54, 1.807) is 37.3 Å². The monoisotopic (exact) mass is 399 g/mol. The zero-order valence-electron chi connectivity index (χ0n) is 15.1. The van der Waals surface area contributed by atoms with Crippen LogP contribution in [0.25, 0.3) is 10.8 Å². The van der Waals surface area contributed by atoms with Gasteiger partial charge < -0.3 is 14.6 Å². The van der Waals surface area contributed by atoms with Gasteiger partial charge in [-0.3, -0.25) is 4.79 Å². The highest BCUT2D eigenvalue weighted by atomic mass is 32.2. The van der Waals surface area contributed by atoms with Gasteiger partial charge in [0, 0.05) is 23.4 Å². The number of aromatic carboxylic acids is 1. The molecular weight excluding hydrogens is 382 g/mol. The molecule has 0 aromatic heterocycles. The van der Waals surface area contributed by atoms with Gasteiger partial charge >= 0.3 is 16.1 Å². The molecule has 28 heavy (non-hydrogen) atoms. The second-order valence-electron chi connectivity index (χ2n) is 6.16. The maximum Gasteiger partial charge on any atom is 0.339 e. The summed E-state index contributed by atoms with van der Waals surface area (Å²) in [5.41, 5.74) is 0.850. The van der Waals surface area contributed by atoms with Gasteiger partial charge in [0.2, 0.25) is 5.91 Å². The number of carboxylic acid groups (broad SMARTS) is 1. The third-order valence-electron chi connectivity index (χ3n) is 4.12. The molecule has 1 amide bonds. The number of carbonyl (C=O) groups excluding carboxylic acids is 1. The van der Waals surface area contributed by atoms with Crippen molar-refractivity contribution in [2.24, 2.45) is 0 Å².